The first-order valence-corrected chi connectivity index (χ1v) is 35.5. The van der Waals surface area contributed by atoms with Crippen molar-refractivity contribution >= 4 is 106 Å². The Bertz CT molecular complexity index is 3770. The lowest BCUT2D eigenvalue weighted by Crippen LogP contribution is -2.60. The molecule has 7 atom stereocenters. The average molecular weight is 1470 g/mol. The third-order valence-electron chi connectivity index (χ3n) is 17.7. The van der Waals surface area contributed by atoms with E-state index in [1.807, 2.05) is 6.92 Å². The molecule has 35 heteroatoms. The second-order valence-corrected chi connectivity index (χ2v) is 25.8. The lowest BCUT2D eigenvalue weighted by atomic mass is 9.86. The standard InChI is InChI=1S/C71H100N22O13/c1-2-3-4-13-37-92-63(101)43-27-29-45-56-46(30-28-44(55(43)56)64(92)102)66(104)93(65(45)103)38-31-54(94)85-52(39-41-18-7-5-8-19-41)61(99)91-53(40-42-20-9-6-10-21-42)62(100)89-49(25-16-35-83-70(77)78)59(97)87-47(23-14-33-81-68(73)74)57(95)86-48(24-15-34-82-69(75)76)58(96)88-50(26-17-36-84-71(79)80)60(98)90-51(67(105)106)22-11-12-32-72/h5-10,18-21,27-30,47-53H,2-4,11-17,22-26,31-40,72H2,1H3,(H,85,94)(H,86,95)(H,87,97)(H,88,96)(H,89,100)(H,90,98)(H,91,99)(H,105,106)(H4,73,74,81)(H4,75,76,82)(H4,77,78,83)(H4,79,80,84)/t47-,48-,49-,50-,51-,52-,53-/m0/s1. The Morgan fingerprint density at radius 1 is 0.387 bits per heavy atom. The zero-order chi connectivity index (χ0) is 77.4. The van der Waals surface area contributed by atoms with Crippen molar-refractivity contribution in [2.45, 2.75) is 165 Å². The van der Waals surface area contributed by atoms with E-state index in [4.69, 9.17) is 50.3 Å². The minimum atomic E-state index is -1.53. The van der Waals surface area contributed by atoms with Gasteiger partial charge < -0.3 is 92.3 Å². The number of aliphatic carboxylic acids is 1. The highest BCUT2D eigenvalue weighted by Gasteiger charge is 2.41. The molecule has 6 rings (SSSR count). The molecule has 0 unspecified atom stereocenters. The maximum atomic E-state index is 15.0. The van der Waals surface area contributed by atoms with Gasteiger partial charge in [0.25, 0.3) is 23.6 Å². The molecule has 0 bridgehead atoms. The van der Waals surface area contributed by atoms with Crippen molar-refractivity contribution in [2.75, 3.05) is 45.8 Å². The number of hydrogen-bond donors (Lipinski definition) is 21. The van der Waals surface area contributed by atoms with Gasteiger partial charge in [-0.3, -0.25) is 84.2 Å². The molecule has 4 aromatic carbocycles. The van der Waals surface area contributed by atoms with Gasteiger partial charge in [0.15, 0.2) is 23.8 Å². The molecule has 2 heterocycles. The van der Waals surface area contributed by atoms with Gasteiger partial charge in [-0.2, -0.15) is 0 Å². The molecule has 2 aliphatic heterocycles. The van der Waals surface area contributed by atoms with E-state index in [0.717, 1.165) is 24.2 Å². The second kappa shape index (κ2) is 42.1. The number of hydrogen-bond acceptors (Lipinski definition) is 17. The minimum absolute atomic E-state index is 0.0114. The number of nitrogens with one attached hydrogen (secondary N) is 15. The van der Waals surface area contributed by atoms with E-state index in [9.17, 15) is 57.8 Å². The van der Waals surface area contributed by atoms with E-state index in [1.54, 1.807) is 60.7 Å². The van der Waals surface area contributed by atoms with E-state index in [1.165, 1.54) is 29.2 Å². The Kier molecular flexibility index (Phi) is 33.0. The number of benzene rings is 4. The zero-order valence-electron chi connectivity index (χ0n) is 59.4. The monoisotopic (exact) mass is 1470 g/mol. The maximum absolute atomic E-state index is 15.0. The molecule has 4 aromatic rings. The average Bonchev–Trinajstić information content (AvgIpc) is 0.714. The van der Waals surface area contributed by atoms with Crippen molar-refractivity contribution < 1.29 is 62.6 Å². The summed E-state index contributed by atoms with van der Waals surface area (Å²) < 4.78 is 0. The van der Waals surface area contributed by atoms with E-state index >= 15 is 4.79 Å². The molecule has 0 saturated carbocycles. The first-order chi connectivity index (χ1) is 50.7. The van der Waals surface area contributed by atoms with Crippen LogP contribution in [0.25, 0.3) is 10.8 Å². The Hall–Kier alpha value is -11.8. The van der Waals surface area contributed by atoms with Crippen LogP contribution in [-0.4, -0.2) is 198 Å². The molecular formula is C71H100N22O13. The third-order valence-corrected chi connectivity index (χ3v) is 17.7. The van der Waals surface area contributed by atoms with E-state index in [-0.39, 0.29) is 149 Å². The number of nitrogens with two attached hydrogens (primary N) is 5. The number of imide groups is 2. The first kappa shape index (κ1) is 83.2. The number of rotatable bonds is 46. The van der Waals surface area contributed by atoms with Crippen LogP contribution in [0.1, 0.15) is 162 Å². The summed E-state index contributed by atoms with van der Waals surface area (Å²) in [6.07, 6.45) is 2.98. The maximum Gasteiger partial charge on any atom is 0.326 e. The van der Waals surface area contributed by atoms with E-state index < -0.39 is 144 Å². The molecular weight excluding hydrogens is 1370 g/mol. The van der Waals surface area contributed by atoms with Gasteiger partial charge in [-0.1, -0.05) is 86.8 Å². The summed E-state index contributed by atoms with van der Waals surface area (Å²) in [7, 11) is 0. The molecule has 26 N–H and O–H groups in total. The van der Waals surface area contributed by atoms with Crippen molar-refractivity contribution in [3.05, 3.63) is 118 Å². The van der Waals surface area contributed by atoms with Gasteiger partial charge in [0, 0.05) is 91.6 Å². The smallest absolute Gasteiger partial charge is 0.326 e. The van der Waals surface area contributed by atoms with Crippen LogP contribution in [0.5, 0.6) is 0 Å². The zero-order valence-corrected chi connectivity index (χ0v) is 59.4. The number of amides is 11. The van der Waals surface area contributed by atoms with Crippen LogP contribution in [0.4, 0.5) is 0 Å². The normalized spacial score (nSPS) is 14.2. The predicted octanol–water partition coefficient (Wildman–Crippen LogP) is -0.852. The Labute approximate surface area is 613 Å². The van der Waals surface area contributed by atoms with E-state index in [0.29, 0.717) is 30.4 Å². The summed E-state index contributed by atoms with van der Waals surface area (Å²) >= 11 is 0. The van der Waals surface area contributed by atoms with Gasteiger partial charge in [0.1, 0.15) is 42.3 Å². The summed E-state index contributed by atoms with van der Waals surface area (Å²) in [5.74, 6) is -11.8. The van der Waals surface area contributed by atoms with Crippen LogP contribution in [0.3, 0.4) is 0 Å². The third kappa shape index (κ3) is 25.3. The number of carboxylic acid groups (broad SMARTS) is 1. The highest BCUT2D eigenvalue weighted by atomic mass is 16.4. The number of carbonyl (C=O) groups is 12. The fraction of sp³-hybridized carbons (Fsp3) is 0.465. The highest BCUT2D eigenvalue weighted by molar-refractivity contribution is 6.33. The number of nitrogens with zero attached hydrogens (tertiary/aromatic N) is 2. The summed E-state index contributed by atoms with van der Waals surface area (Å²) in [6.45, 7) is 2.18. The largest absolute Gasteiger partial charge is 0.480 e. The van der Waals surface area contributed by atoms with Gasteiger partial charge in [0.05, 0.1) is 0 Å². The van der Waals surface area contributed by atoms with Crippen molar-refractivity contribution in [2.24, 2.45) is 28.7 Å². The summed E-state index contributed by atoms with van der Waals surface area (Å²) in [4.78, 5) is 173. The van der Waals surface area contributed by atoms with Gasteiger partial charge in [0.2, 0.25) is 41.4 Å². The Morgan fingerprint density at radius 2 is 0.698 bits per heavy atom. The number of guanidine groups is 4. The molecule has 0 aromatic heterocycles. The van der Waals surface area contributed by atoms with Crippen molar-refractivity contribution in [3.63, 3.8) is 0 Å². The van der Waals surface area contributed by atoms with Crippen LogP contribution < -0.4 is 87.2 Å². The van der Waals surface area contributed by atoms with Crippen LogP contribution >= 0.6 is 0 Å². The highest BCUT2D eigenvalue weighted by Crippen LogP contribution is 2.38. The van der Waals surface area contributed by atoms with Gasteiger partial charge in [-0.15, -0.1) is 0 Å². The lowest BCUT2D eigenvalue weighted by molar-refractivity contribution is -0.142. The van der Waals surface area contributed by atoms with E-state index in [2.05, 4.69) is 58.5 Å². The second-order valence-electron chi connectivity index (χ2n) is 25.8. The fourth-order valence-electron chi connectivity index (χ4n) is 12.3. The topological polar surface area (TPSA) is 589 Å². The molecule has 0 spiro atoms. The van der Waals surface area contributed by atoms with Crippen LogP contribution in [0, 0.1) is 21.6 Å². The van der Waals surface area contributed by atoms with Gasteiger partial charge in [-0.05, 0) is 119 Å². The minimum Gasteiger partial charge on any atom is -0.480 e. The fourth-order valence-corrected chi connectivity index (χ4v) is 12.3. The van der Waals surface area contributed by atoms with Crippen LogP contribution in [0.2, 0.25) is 0 Å². The molecule has 35 nitrogen and oxygen atoms in total. The quantitative estimate of drug-likeness (QED) is 0.0111. The van der Waals surface area contributed by atoms with Gasteiger partial charge in [-0.25, -0.2) is 4.79 Å². The van der Waals surface area contributed by atoms with Crippen molar-refractivity contribution in [3.8, 4) is 0 Å². The molecule has 11 amide bonds. The Morgan fingerprint density at radius 3 is 1.03 bits per heavy atom. The summed E-state index contributed by atoms with van der Waals surface area (Å²) in [5, 5.41) is 70.2. The van der Waals surface area contributed by atoms with Crippen molar-refractivity contribution in [1.29, 1.82) is 21.6 Å². The number of unbranched alkanes of at least 4 members (excludes halogenated alkanes) is 4. The summed E-state index contributed by atoms with van der Waals surface area (Å²) in [6, 6.07) is 12.6. The molecule has 0 fully saturated rings. The number of carboxylic acids is 1. The molecule has 0 aliphatic carbocycles. The first-order valence-electron chi connectivity index (χ1n) is 35.5. The molecule has 2 aliphatic rings. The molecule has 106 heavy (non-hydrogen) atoms. The predicted molar refractivity (Wildman–Crippen MR) is 394 cm³/mol. The number of carbonyl (C=O) groups excluding carboxylic acids is 11. The van der Waals surface area contributed by atoms with Crippen molar-refractivity contribution in [1.82, 2.24) is 68.3 Å². The molecule has 0 saturated heterocycles. The SMILES string of the molecule is CCCCCCN1C(=O)c2ccc3c4c(ccc(c24)C1=O)C(=O)N(CCC(=O)N[C@@H](Cc1ccccc1)C(=O)N[C@@H](Cc1ccccc1)C(=O)N[C@@H](CCCNC(=N)N)C(=O)N[C@@H](CCCNC(=N)N)C(=O)N[C@@H](CCCNC(=N)N)C(=O)N[C@@H](CCCNC(=N)N)C(=O)N[C@@H](CCCCN)C(=O)O)C3=O. The Balaban J connectivity index is 1.25. The van der Waals surface area contributed by atoms with Crippen LogP contribution in [0.15, 0.2) is 84.9 Å². The molecule has 0 radical (unpaired) electrons. The summed E-state index contributed by atoms with van der Waals surface area (Å²) in [5.41, 5.74) is 29.3. The molecule has 572 valence electrons. The van der Waals surface area contributed by atoms with Crippen LogP contribution in [-0.2, 0) is 51.2 Å². The van der Waals surface area contributed by atoms with Gasteiger partial charge >= 0.3 is 5.97 Å². The lowest BCUT2D eigenvalue weighted by Gasteiger charge is -2.32.